The maximum absolute atomic E-state index is 12.5. The highest BCUT2D eigenvalue weighted by molar-refractivity contribution is 6.06. The monoisotopic (exact) mass is 367 g/mol. The van der Waals surface area contributed by atoms with E-state index in [1.54, 1.807) is 48.5 Å². The van der Waals surface area contributed by atoms with Crippen LogP contribution in [0, 0.1) is 0 Å². The fourth-order valence-corrected chi connectivity index (χ4v) is 2.97. The van der Waals surface area contributed by atoms with Crippen LogP contribution in [0.4, 0.5) is 11.4 Å². The minimum absolute atomic E-state index is 0.0196. The second kappa shape index (κ2) is 8.35. The second-order valence-electron chi connectivity index (χ2n) is 6.29. The maximum Gasteiger partial charge on any atom is 0.259 e. The maximum atomic E-state index is 12.5. The molecule has 1 atom stereocenters. The van der Waals surface area contributed by atoms with Crippen molar-refractivity contribution in [3.05, 3.63) is 54.1 Å². The van der Waals surface area contributed by atoms with Gasteiger partial charge in [0.1, 0.15) is 5.75 Å². The number of methoxy groups -OCH3 is 1. The Balaban J connectivity index is 1.62. The summed E-state index contributed by atoms with van der Waals surface area (Å²) in [6, 6.07) is 13.7. The minimum Gasteiger partial charge on any atom is -0.496 e. The van der Waals surface area contributed by atoms with Crippen LogP contribution in [0.15, 0.2) is 48.5 Å². The van der Waals surface area contributed by atoms with Crippen molar-refractivity contribution in [2.45, 2.75) is 25.3 Å². The molecule has 3 amide bonds. The van der Waals surface area contributed by atoms with Gasteiger partial charge in [-0.05, 0) is 36.8 Å². The molecule has 1 heterocycles. The van der Waals surface area contributed by atoms with E-state index in [-0.39, 0.29) is 30.2 Å². The molecule has 7 heteroatoms. The van der Waals surface area contributed by atoms with Crippen LogP contribution in [-0.2, 0) is 9.59 Å². The van der Waals surface area contributed by atoms with E-state index in [4.69, 9.17) is 4.74 Å². The number of rotatable bonds is 6. The zero-order valence-corrected chi connectivity index (χ0v) is 15.0. The summed E-state index contributed by atoms with van der Waals surface area (Å²) in [4.78, 5) is 35.8. The number of para-hydroxylation sites is 1. The average molecular weight is 367 g/mol. The molecule has 0 spiro atoms. The first-order chi connectivity index (χ1) is 13.0. The third-order valence-electron chi connectivity index (χ3n) is 4.27. The molecular weight excluding hydrogens is 346 g/mol. The number of carbonyl (C=O) groups is 3. The summed E-state index contributed by atoms with van der Waals surface area (Å²) in [5.41, 5.74) is 1.55. The van der Waals surface area contributed by atoms with Crippen molar-refractivity contribution in [3.8, 4) is 5.75 Å². The highest BCUT2D eigenvalue weighted by Crippen LogP contribution is 2.21. The third kappa shape index (κ3) is 4.84. The molecule has 2 aromatic rings. The molecular formula is C20H21N3O4. The lowest BCUT2D eigenvalue weighted by molar-refractivity contribution is -0.119. The molecule has 0 radical (unpaired) electrons. The van der Waals surface area contributed by atoms with E-state index in [0.29, 0.717) is 35.5 Å². The van der Waals surface area contributed by atoms with Gasteiger partial charge in [0.2, 0.25) is 11.8 Å². The number of ether oxygens (including phenoxy) is 1. The first-order valence-electron chi connectivity index (χ1n) is 8.69. The van der Waals surface area contributed by atoms with Gasteiger partial charge in [-0.15, -0.1) is 0 Å². The van der Waals surface area contributed by atoms with Gasteiger partial charge in [0.05, 0.1) is 12.7 Å². The number of benzene rings is 2. The summed E-state index contributed by atoms with van der Waals surface area (Å²) in [5.74, 6) is -0.0214. The van der Waals surface area contributed by atoms with Crippen molar-refractivity contribution in [1.82, 2.24) is 5.32 Å². The van der Waals surface area contributed by atoms with Crippen LogP contribution < -0.4 is 20.7 Å². The van der Waals surface area contributed by atoms with Gasteiger partial charge in [0.25, 0.3) is 5.91 Å². The molecule has 27 heavy (non-hydrogen) atoms. The van der Waals surface area contributed by atoms with Crippen molar-refractivity contribution in [2.24, 2.45) is 0 Å². The quantitative estimate of drug-likeness (QED) is 0.731. The Morgan fingerprint density at radius 1 is 1.11 bits per heavy atom. The molecule has 1 fully saturated rings. The van der Waals surface area contributed by atoms with Gasteiger partial charge in [0, 0.05) is 30.3 Å². The van der Waals surface area contributed by atoms with Crippen LogP contribution in [-0.4, -0.2) is 30.9 Å². The fourth-order valence-electron chi connectivity index (χ4n) is 2.97. The molecule has 1 aliphatic heterocycles. The van der Waals surface area contributed by atoms with Crippen LogP contribution in [0.2, 0.25) is 0 Å². The van der Waals surface area contributed by atoms with Crippen LogP contribution in [0.3, 0.4) is 0 Å². The zero-order chi connectivity index (χ0) is 19.2. The normalized spacial score (nSPS) is 15.7. The summed E-state index contributed by atoms with van der Waals surface area (Å²) in [6.45, 7) is 0. The van der Waals surface area contributed by atoms with Crippen LogP contribution >= 0.6 is 0 Å². The number of amides is 3. The summed E-state index contributed by atoms with van der Waals surface area (Å²) >= 11 is 0. The molecule has 1 aliphatic rings. The SMILES string of the molecule is COc1ccccc1C(=O)Nc1cccc(NC(=O)C[C@H]2CCC(=O)N2)c1. The Morgan fingerprint density at radius 2 is 1.85 bits per heavy atom. The lowest BCUT2D eigenvalue weighted by atomic mass is 10.1. The smallest absolute Gasteiger partial charge is 0.259 e. The summed E-state index contributed by atoms with van der Waals surface area (Å²) in [7, 11) is 1.51. The van der Waals surface area contributed by atoms with Gasteiger partial charge in [0.15, 0.2) is 0 Å². The van der Waals surface area contributed by atoms with E-state index in [2.05, 4.69) is 16.0 Å². The fraction of sp³-hybridized carbons (Fsp3) is 0.250. The molecule has 140 valence electrons. The van der Waals surface area contributed by atoms with Gasteiger partial charge in [-0.2, -0.15) is 0 Å². The number of nitrogens with one attached hydrogen (secondary N) is 3. The molecule has 3 rings (SSSR count). The Labute approximate surface area is 157 Å². The van der Waals surface area contributed by atoms with Crippen molar-refractivity contribution in [1.29, 1.82) is 0 Å². The molecule has 0 aliphatic carbocycles. The van der Waals surface area contributed by atoms with Crippen molar-refractivity contribution < 1.29 is 19.1 Å². The van der Waals surface area contributed by atoms with E-state index in [1.807, 2.05) is 0 Å². The Hall–Kier alpha value is -3.35. The number of hydrogen-bond acceptors (Lipinski definition) is 4. The second-order valence-corrected chi connectivity index (χ2v) is 6.29. The number of anilines is 2. The molecule has 0 unspecified atom stereocenters. The molecule has 7 nitrogen and oxygen atoms in total. The van der Waals surface area contributed by atoms with Crippen LogP contribution in [0.5, 0.6) is 5.75 Å². The van der Waals surface area contributed by atoms with Gasteiger partial charge in [-0.1, -0.05) is 18.2 Å². The average Bonchev–Trinajstić information content (AvgIpc) is 3.06. The van der Waals surface area contributed by atoms with Crippen molar-refractivity contribution in [3.63, 3.8) is 0 Å². The van der Waals surface area contributed by atoms with E-state index in [9.17, 15) is 14.4 Å². The van der Waals surface area contributed by atoms with Gasteiger partial charge < -0.3 is 20.7 Å². The van der Waals surface area contributed by atoms with Crippen LogP contribution in [0.1, 0.15) is 29.6 Å². The molecule has 0 aromatic heterocycles. The third-order valence-corrected chi connectivity index (χ3v) is 4.27. The highest BCUT2D eigenvalue weighted by atomic mass is 16.5. The molecule has 3 N–H and O–H groups in total. The molecule has 0 saturated carbocycles. The first-order valence-corrected chi connectivity index (χ1v) is 8.69. The predicted octanol–water partition coefficient (Wildman–Crippen LogP) is 2.55. The summed E-state index contributed by atoms with van der Waals surface area (Å²) < 4.78 is 5.20. The highest BCUT2D eigenvalue weighted by Gasteiger charge is 2.23. The van der Waals surface area contributed by atoms with E-state index >= 15 is 0 Å². The van der Waals surface area contributed by atoms with E-state index in [0.717, 1.165) is 0 Å². The largest absolute Gasteiger partial charge is 0.496 e. The summed E-state index contributed by atoms with van der Waals surface area (Å²) in [6.07, 6.45) is 1.35. The van der Waals surface area contributed by atoms with Gasteiger partial charge in [-0.3, -0.25) is 14.4 Å². The van der Waals surface area contributed by atoms with Gasteiger partial charge in [-0.25, -0.2) is 0 Å². The van der Waals surface area contributed by atoms with Crippen molar-refractivity contribution >= 4 is 29.1 Å². The number of carbonyl (C=O) groups excluding carboxylic acids is 3. The van der Waals surface area contributed by atoms with E-state index in [1.165, 1.54) is 7.11 Å². The lowest BCUT2D eigenvalue weighted by Gasteiger charge is -2.12. The Bertz CT molecular complexity index is 866. The van der Waals surface area contributed by atoms with Crippen molar-refractivity contribution in [2.75, 3.05) is 17.7 Å². The zero-order valence-electron chi connectivity index (χ0n) is 15.0. The predicted molar refractivity (Wildman–Crippen MR) is 102 cm³/mol. The molecule has 0 bridgehead atoms. The standard InChI is InChI=1S/C20H21N3O4/c1-27-17-8-3-2-7-16(17)20(26)23-14-6-4-5-13(11-14)22-19(25)12-15-9-10-18(24)21-15/h2-8,11,15H,9-10,12H2,1H3,(H,21,24)(H,22,25)(H,23,26)/t15-/m1/s1. The first kappa shape index (κ1) is 18.4. The Kier molecular flexibility index (Phi) is 5.71. The summed E-state index contributed by atoms with van der Waals surface area (Å²) in [5, 5.41) is 8.36. The lowest BCUT2D eigenvalue weighted by Crippen LogP contribution is -2.29. The minimum atomic E-state index is -0.301. The molecule has 1 saturated heterocycles. The number of hydrogen-bond donors (Lipinski definition) is 3. The van der Waals surface area contributed by atoms with Gasteiger partial charge >= 0.3 is 0 Å². The van der Waals surface area contributed by atoms with Crippen LogP contribution in [0.25, 0.3) is 0 Å². The molecule has 2 aromatic carbocycles. The van der Waals surface area contributed by atoms with E-state index < -0.39 is 0 Å². The topological polar surface area (TPSA) is 96.5 Å². The Morgan fingerprint density at radius 3 is 2.56 bits per heavy atom.